The van der Waals surface area contributed by atoms with Crippen molar-refractivity contribution in [3.8, 4) is 0 Å². The molecule has 0 aromatic heterocycles. The number of hydrogen-bond acceptors (Lipinski definition) is 4. The number of rotatable bonds is 4. The van der Waals surface area contributed by atoms with Crippen LogP contribution in [0.15, 0.2) is 0 Å². The van der Waals surface area contributed by atoms with E-state index in [1.807, 2.05) is 0 Å². The van der Waals surface area contributed by atoms with Crippen LogP contribution in [0, 0.1) is 0 Å². The van der Waals surface area contributed by atoms with E-state index in [0.29, 0.717) is 4.06 Å². The molecule has 2 radical (unpaired) electrons. The summed E-state index contributed by atoms with van der Waals surface area (Å²) in [4.78, 5) is 11.0. The molecule has 4 nitrogen and oxygen atoms in total. The summed E-state index contributed by atoms with van der Waals surface area (Å²) in [5.74, 6) is 0.983. The van der Waals surface area contributed by atoms with Crippen LogP contribution in [0.5, 0.6) is 0 Å². The second-order valence-corrected chi connectivity index (χ2v) is 7.64. The molecule has 72 valence electrons. The van der Waals surface area contributed by atoms with Crippen LogP contribution < -0.4 is 8.86 Å². The molecule has 0 saturated carbocycles. The fourth-order valence-corrected chi connectivity index (χ4v) is 5.66. The van der Waals surface area contributed by atoms with Crippen LogP contribution in [0.3, 0.4) is 0 Å². The Morgan fingerprint density at radius 3 is 3.31 bits per heavy atom. The third-order valence-electron chi connectivity index (χ3n) is 1.33. The van der Waals surface area contributed by atoms with Gasteiger partial charge in [-0.3, -0.25) is 0 Å². The molecule has 0 aromatic rings. The maximum absolute atomic E-state index is 11.0. The van der Waals surface area contributed by atoms with Crippen molar-refractivity contribution in [2.75, 3.05) is 19.5 Å². The van der Waals surface area contributed by atoms with Crippen molar-refractivity contribution in [1.82, 2.24) is 8.86 Å². The van der Waals surface area contributed by atoms with Crippen molar-refractivity contribution >= 4 is 55.6 Å². The first kappa shape index (κ1) is 11.5. The minimum atomic E-state index is -0.883. The molecule has 1 fully saturated rings. The van der Waals surface area contributed by atoms with Crippen molar-refractivity contribution in [2.24, 2.45) is 0 Å². The Kier molecular flexibility index (Phi) is 5.37. The molecule has 0 aromatic carbocycles. The van der Waals surface area contributed by atoms with Gasteiger partial charge in [-0.2, -0.15) is 0 Å². The van der Waals surface area contributed by atoms with Gasteiger partial charge in [-0.15, -0.1) is 0 Å². The molecule has 13 heavy (non-hydrogen) atoms. The second-order valence-electron chi connectivity index (χ2n) is 2.42. The number of carbonyl (C=O) groups is 1. The van der Waals surface area contributed by atoms with E-state index in [-0.39, 0.29) is 12.5 Å². The summed E-state index contributed by atoms with van der Waals surface area (Å²) in [6.07, 6.45) is 0. The molecule has 0 aliphatic carbocycles. The topological polar surface area (TPSA) is 50.4 Å². The van der Waals surface area contributed by atoms with Gasteiger partial charge in [-0.1, -0.05) is 0 Å². The molecule has 1 aliphatic heterocycles. The third kappa shape index (κ3) is 4.48. The van der Waals surface area contributed by atoms with Crippen LogP contribution in [0.1, 0.15) is 0 Å². The second kappa shape index (κ2) is 6.05. The van der Waals surface area contributed by atoms with E-state index in [0.717, 1.165) is 10.1 Å². The van der Waals surface area contributed by atoms with Crippen molar-refractivity contribution < 1.29 is 9.53 Å². The first-order chi connectivity index (χ1) is 6.22. The van der Waals surface area contributed by atoms with E-state index in [2.05, 4.69) is 8.86 Å². The number of hydrogen-bond donors (Lipinski definition) is 2. The summed E-state index contributed by atoms with van der Waals surface area (Å²) in [5.41, 5.74) is 0. The molecule has 1 heterocycles. The molecular weight excluding hydrogens is 315 g/mol. The molecular formula is C6H10N2O2S2Sn. The molecule has 1 unspecified atom stereocenters. The van der Waals surface area contributed by atoms with Crippen LogP contribution in [0.2, 0.25) is 0 Å². The Hall–Kier alpha value is 0.469. The van der Waals surface area contributed by atoms with E-state index in [1.54, 1.807) is 11.8 Å². The summed E-state index contributed by atoms with van der Waals surface area (Å²) in [6.45, 7) is 0.158. The van der Waals surface area contributed by atoms with E-state index in [1.165, 1.54) is 7.11 Å². The zero-order valence-corrected chi connectivity index (χ0v) is 11.6. The SMILES string of the molecule is COCC(=O)[NH][Sn][CH]1CSC(=S)N1. The van der Waals surface area contributed by atoms with E-state index < -0.39 is 21.4 Å². The van der Waals surface area contributed by atoms with Gasteiger partial charge in [0.05, 0.1) is 0 Å². The fraction of sp³-hybridized carbons (Fsp3) is 0.667. The predicted octanol–water partition coefficient (Wildman–Crippen LogP) is -0.684. The number of ether oxygens (including phenoxy) is 1. The molecule has 7 heteroatoms. The summed E-state index contributed by atoms with van der Waals surface area (Å²) < 4.78 is 8.91. The number of thioether (sulfide) groups is 1. The van der Waals surface area contributed by atoms with Gasteiger partial charge in [0.2, 0.25) is 0 Å². The van der Waals surface area contributed by atoms with Gasteiger partial charge in [0.15, 0.2) is 0 Å². The van der Waals surface area contributed by atoms with Crippen LogP contribution in [-0.4, -0.2) is 55.2 Å². The van der Waals surface area contributed by atoms with Crippen molar-refractivity contribution in [3.63, 3.8) is 0 Å². The number of nitrogens with one attached hydrogen (secondary N) is 2. The first-order valence-corrected chi connectivity index (χ1v) is 8.16. The molecule has 0 spiro atoms. The average molecular weight is 325 g/mol. The number of thiocarbonyl (C=S) groups is 1. The minimum absolute atomic E-state index is 0.0151. The molecule has 1 atom stereocenters. The van der Waals surface area contributed by atoms with Gasteiger partial charge >= 0.3 is 97.5 Å². The van der Waals surface area contributed by atoms with Gasteiger partial charge in [-0.25, -0.2) is 0 Å². The fourth-order valence-electron chi connectivity index (χ4n) is 0.797. The summed E-state index contributed by atoms with van der Waals surface area (Å²) >= 11 is 5.74. The van der Waals surface area contributed by atoms with E-state index >= 15 is 0 Å². The molecule has 0 bridgehead atoms. The number of carbonyl (C=O) groups excluding carboxylic acids is 1. The molecule has 1 saturated heterocycles. The zero-order valence-electron chi connectivity index (χ0n) is 7.12. The monoisotopic (exact) mass is 326 g/mol. The van der Waals surface area contributed by atoms with Crippen LogP contribution in [0.25, 0.3) is 0 Å². The van der Waals surface area contributed by atoms with Gasteiger partial charge in [0.25, 0.3) is 0 Å². The van der Waals surface area contributed by atoms with Crippen molar-refractivity contribution in [2.45, 2.75) is 4.06 Å². The molecule has 1 rings (SSSR count). The maximum atomic E-state index is 11.0. The quantitative estimate of drug-likeness (QED) is 0.530. The third-order valence-corrected chi connectivity index (χ3v) is 6.73. The van der Waals surface area contributed by atoms with Gasteiger partial charge < -0.3 is 0 Å². The summed E-state index contributed by atoms with van der Waals surface area (Å²) in [7, 11) is 1.52. The Balaban J connectivity index is 2.12. The van der Waals surface area contributed by atoms with Gasteiger partial charge in [0, 0.05) is 0 Å². The van der Waals surface area contributed by atoms with Crippen LogP contribution in [0.4, 0.5) is 0 Å². The van der Waals surface area contributed by atoms with Crippen LogP contribution in [-0.2, 0) is 9.53 Å². The summed E-state index contributed by atoms with van der Waals surface area (Å²) in [6, 6.07) is 0. The predicted molar refractivity (Wildman–Crippen MR) is 57.8 cm³/mol. The van der Waals surface area contributed by atoms with E-state index in [9.17, 15) is 4.79 Å². The number of methoxy groups -OCH3 is 1. The Morgan fingerprint density at radius 2 is 2.77 bits per heavy atom. The van der Waals surface area contributed by atoms with Crippen LogP contribution >= 0.6 is 24.0 Å². The van der Waals surface area contributed by atoms with Crippen molar-refractivity contribution in [1.29, 1.82) is 0 Å². The normalized spacial score (nSPS) is 21.3. The van der Waals surface area contributed by atoms with Crippen molar-refractivity contribution in [3.05, 3.63) is 0 Å². The average Bonchev–Trinajstić information content (AvgIpc) is 2.49. The Labute approximate surface area is 97.1 Å². The summed E-state index contributed by atoms with van der Waals surface area (Å²) in [5, 5.41) is 3.17. The van der Waals surface area contributed by atoms with Gasteiger partial charge in [-0.05, 0) is 0 Å². The molecule has 2 N–H and O–H groups in total. The molecule has 1 amide bonds. The number of amides is 1. The zero-order chi connectivity index (χ0) is 9.68. The Bertz CT molecular complexity index is 215. The van der Waals surface area contributed by atoms with Gasteiger partial charge in [0.1, 0.15) is 0 Å². The first-order valence-electron chi connectivity index (χ1n) is 3.69. The Morgan fingerprint density at radius 1 is 2.00 bits per heavy atom. The molecule has 1 aliphatic rings. The van der Waals surface area contributed by atoms with E-state index in [4.69, 9.17) is 17.0 Å². The standard InChI is InChI=1S/C3H7NO2.C3H4NS2.Sn/c1-6-2-3(4)5;5-3-4-1-2-6-3;/h2H2,1H3,(H2,4,5);1H,2H2,(H,4,5);/q;;+1/p-1.